The highest BCUT2D eigenvalue weighted by molar-refractivity contribution is 5.94. The monoisotopic (exact) mass is 516 g/mol. The van der Waals surface area contributed by atoms with Crippen LogP contribution in [0.4, 0.5) is 9.59 Å². The third-order valence-corrected chi connectivity index (χ3v) is 7.93. The van der Waals surface area contributed by atoms with Crippen molar-refractivity contribution in [2.24, 2.45) is 11.8 Å². The number of carbonyl (C=O) groups is 3. The molecule has 2 bridgehead atoms. The van der Waals surface area contributed by atoms with Crippen LogP contribution in [-0.4, -0.2) is 45.9 Å². The van der Waals surface area contributed by atoms with Crippen molar-refractivity contribution in [3.63, 3.8) is 0 Å². The highest BCUT2D eigenvalue weighted by atomic mass is 16.6. The van der Waals surface area contributed by atoms with E-state index in [0.29, 0.717) is 19.3 Å². The summed E-state index contributed by atoms with van der Waals surface area (Å²) in [5.74, 6) is -0.148. The lowest BCUT2D eigenvalue weighted by Crippen LogP contribution is -2.59. The van der Waals surface area contributed by atoms with Crippen molar-refractivity contribution < 1.29 is 28.6 Å². The summed E-state index contributed by atoms with van der Waals surface area (Å²) in [5, 5.41) is 0.979. The Labute approximate surface area is 221 Å². The quantitative estimate of drug-likeness (QED) is 0.325. The predicted octanol–water partition coefficient (Wildman–Crippen LogP) is 5.61. The minimum Gasteiger partial charge on any atom is -0.465 e. The van der Waals surface area contributed by atoms with E-state index in [4.69, 9.17) is 14.2 Å². The summed E-state index contributed by atoms with van der Waals surface area (Å²) >= 11 is 0. The topological polar surface area (TPSA) is 87.1 Å². The molecule has 0 spiro atoms. The summed E-state index contributed by atoms with van der Waals surface area (Å²) in [6, 6.07) is 16.7. The standard InChI is InChI=1S/C30H32N2O6/c1-30(2,3)38-29(35)32-23-12-8-7-11-20(23)21-15-24-22-17-36-26(33)14-19(22)13-25(27(21)32)31(24)28(34)37-16-18-9-5-4-6-10-18/h4-12,19,22,24-25H,13-17H2,1-3H3/t19-,22+,24-,25-/m0/s1. The average Bonchev–Trinajstić information content (AvgIpc) is 3.21. The molecule has 8 nitrogen and oxygen atoms in total. The molecule has 0 unspecified atom stereocenters. The lowest BCUT2D eigenvalue weighted by atomic mass is 9.69. The summed E-state index contributed by atoms with van der Waals surface area (Å²) in [6.07, 6.45) is 0.499. The fraction of sp³-hybridized carbons (Fsp3) is 0.433. The van der Waals surface area contributed by atoms with Gasteiger partial charge in [-0.3, -0.25) is 9.69 Å². The fourth-order valence-electron chi connectivity index (χ4n) is 6.42. The highest BCUT2D eigenvalue weighted by Crippen LogP contribution is 2.51. The van der Waals surface area contributed by atoms with Crippen LogP contribution >= 0.6 is 0 Å². The van der Waals surface area contributed by atoms with Crippen LogP contribution in [0.15, 0.2) is 54.6 Å². The van der Waals surface area contributed by atoms with Gasteiger partial charge < -0.3 is 14.2 Å². The van der Waals surface area contributed by atoms with Gasteiger partial charge >= 0.3 is 18.2 Å². The molecule has 3 aromatic rings. The smallest absolute Gasteiger partial charge is 0.419 e. The molecule has 38 heavy (non-hydrogen) atoms. The summed E-state index contributed by atoms with van der Waals surface area (Å²) < 4.78 is 18.8. The van der Waals surface area contributed by atoms with Gasteiger partial charge in [0.15, 0.2) is 0 Å². The number of rotatable bonds is 2. The number of hydrogen-bond donors (Lipinski definition) is 0. The maximum absolute atomic E-state index is 13.7. The molecule has 0 N–H and O–H groups in total. The zero-order valence-electron chi connectivity index (χ0n) is 21.9. The molecule has 3 aliphatic rings. The average molecular weight is 517 g/mol. The number of carbonyl (C=O) groups excluding carboxylic acids is 3. The van der Waals surface area contributed by atoms with E-state index >= 15 is 0 Å². The molecule has 6 rings (SSSR count). The summed E-state index contributed by atoms with van der Waals surface area (Å²) in [5.41, 5.74) is 2.77. The predicted molar refractivity (Wildman–Crippen MR) is 139 cm³/mol. The van der Waals surface area contributed by atoms with Crippen LogP contribution in [0.25, 0.3) is 10.9 Å². The van der Waals surface area contributed by atoms with Crippen LogP contribution in [0.1, 0.15) is 56.5 Å². The van der Waals surface area contributed by atoms with E-state index in [1.165, 1.54) is 0 Å². The normalized spacial score (nSPS) is 24.3. The van der Waals surface area contributed by atoms with E-state index in [9.17, 15) is 14.4 Å². The van der Waals surface area contributed by atoms with Gasteiger partial charge in [0.1, 0.15) is 12.2 Å². The van der Waals surface area contributed by atoms with E-state index in [1.54, 1.807) is 9.47 Å². The number of nitrogens with zero attached hydrogens (tertiary/aromatic N) is 2. The SMILES string of the molecule is CC(C)(C)OC(=O)n1c2c(c3ccccc31)C[C@H]1[C@@H]3COC(=O)C[C@@H]3C[C@@H]2N1C(=O)OCc1ccccc1. The number of cyclic esters (lactones) is 1. The van der Waals surface area contributed by atoms with Crippen molar-refractivity contribution in [1.82, 2.24) is 9.47 Å². The summed E-state index contributed by atoms with van der Waals surface area (Å²) in [4.78, 5) is 41.4. The number of esters is 1. The minimum atomic E-state index is -0.689. The van der Waals surface area contributed by atoms with Gasteiger partial charge in [0.2, 0.25) is 0 Å². The zero-order chi connectivity index (χ0) is 26.6. The van der Waals surface area contributed by atoms with Crippen molar-refractivity contribution >= 4 is 29.1 Å². The van der Waals surface area contributed by atoms with Crippen molar-refractivity contribution in [3.8, 4) is 0 Å². The molecule has 2 saturated heterocycles. The second-order valence-electron chi connectivity index (χ2n) is 11.5. The molecular weight excluding hydrogens is 484 g/mol. The number of benzene rings is 2. The Hall–Kier alpha value is -3.81. The molecule has 1 amide bonds. The number of ether oxygens (including phenoxy) is 3. The van der Waals surface area contributed by atoms with E-state index in [2.05, 4.69) is 0 Å². The molecule has 4 atom stereocenters. The number of fused-ring (bicyclic) bond motifs is 8. The van der Waals surface area contributed by atoms with Gasteiger partial charge in [-0.15, -0.1) is 0 Å². The second-order valence-corrected chi connectivity index (χ2v) is 11.5. The second kappa shape index (κ2) is 9.19. The Morgan fingerprint density at radius 1 is 1.00 bits per heavy atom. The summed E-state index contributed by atoms with van der Waals surface area (Å²) in [6.45, 7) is 5.95. The molecule has 1 aromatic heterocycles. The van der Waals surface area contributed by atoms with Gasteiger partial charge in [-0.05, 0) is 56.7 Å². The van der Waals surface area contributed by atoms with Gasteiger partial charge in [-0.25, -0.2) is 14.2 Å². The van der Waals surface area contributed by atoms with Gasteiger partial charge in [-0.1, -0.05) is 48.5 Å². The maximum Gasteiger partial charge on any atom is 0.419 e. The lowest BCUT2D eigenvalue weighted by molar-refractivity contribution is -0.160. The Kier molecular flexibility index (Phi) is 5.93. The van der Waals surface area contributed by atoms with Gasteiger partial charge in [0.25, 0.3) is 0 Å². The van der Waals surface area contributed by atoms with Crippen LogP contribution < -0.4 is 0 Å². The van der Waals surface area contributed by atoms with Gasteiger partial charge in [-0.2, -0.15) is 0 Å². The molecule has 0 radical (unpaired) electrons. The fourth-order valence-corrected chi connectivity index (χ4v) is 6.42. The number of hydrogen-bond acceptors (Lipinski definition) is 6. The van der Waals surface area contributed by atoms with Crippen LogP contribution in [0, 0.1) is 11.8 Å². The third kappa shape index (κ3) is 4.22. The first-order valence-electron chi connectivity index (χ1n) is 13.2. The van der Waals surface area contributed by atoms with Crippen molar-refractivity contribution in [3.05, 3.63) is 71.4 Å². The van der Waals surface area contributed by atoms with E-state index in [0.717, 1.165) is 27.7 Å². The van der Waals surface area contributed by atoms with Crippen LogP contribution in [0.2, 0.25) is 0 Å². The number of para-hydroxylation sites is 1. The van der Waals surface area contributed by atoms with Crippen molar-refractivity contribution in [1.29, 1.82) is 0 Å². The lowest BCUT2D eigenvalue weighted by Gasteiger charge is -2.53. The highest BCUT2D eigenvalue weighted by Gasteiger charge is 2.53. The van der Waals surface area contributed by atoms with Crippen LogP contribution in [-0.2, 0) is 32.0 Å². The first-order chi connectivity index (χ1) is 18.2. The molecule has 198 valence electrons. The van der Waals surface area contributed by atoms with E-state index < -0.39 is 23.8 Å². The Bertz CT molecular complexity index is 1410. The van der Waals surface area contributed by atoms with Gasteiger partial charge in [0, 0.05) is 23.8 Å². The molecule has 0 saturated carbocycles. The Morgan fingerprint density at radius 3 is 2.50 bits per heavy atom. The molecular formula is C30H32N2O6. The van der Waals surface area contributed by atoms with E-state index in [1.807, 2.05) is 75.4 Å². The number of aromatic nitrogens is 1. The molecule has 0 aliphatic carbocycles. The first-order valence-corrected chi connectivity index (χ1v) is 13.2. The first kappa shape index (κ1) is 24.5. The van der Waals surface area contributed by atoms with Crippen molar-refractivity contribution in [2.45, 2.75) is 64.3 Å². The third-order valence-electron chi connectivity index (χ3n) is 7.93. The van der Waals surface area contributed by atoms with Crippen LogP contribution in [0.5, 0.6) is 0 Å². The largest absolute Gasteiger partial charge is 0.465 e. The Morgan fingerprint density at radius 2 is 1.74 bits per heavy atom. The molecule has 2 fully saturated rings. The molecule has 8 heteroatoms. The number of amides is 1. The van der Waals surface area contributed by atoms with E-state index in [-0.39, 0.29) is 37.1 Å². The van der Waals surface area contributed by atoms with Crippen LogP contribution in [0.3, 0.4) is 0 Å². The molecule has 4 heterocycles. The molecule has 3 aliphatic heterocycles. The van der Waals surface area contributed by atoms with Crippen molar-refractivity contribution in [2.75, 3.05) is 6.61 Å². The van der Waals surface area contributed by atoms with Gasteiger partial charge in [0.05, 0.1) is 23.9 Å². The minimum absolute atomic E-state index is 0.00464. The summed E-state index contributed by atoms with van der Waals surface area (Å²) in [7, 11) is 0. The Balaban J connectivity index is 1.45. The maximum atomic E-state index is 13.7. The number of piperidine rings is 1. The molecule has 2 aromatic carbocycles. The zero-order valence-corrected chi connectivity index (χ0v) is 21.9.